The lowest BCUT2D eigenvalue weighted by Crippen LogP contribution is -2.54. The van der Waals surface area contributed by atoms with Crippen molar-refractivity contribution in [2.75, 3.05) is 19.0 Å². The molecule has 0 aliphatic heterocycles. The van der Waals surface area contributed by atoms with Gasteiger partial charge in [-0.25, -0.2) is 4.79 Å². The summed E-state index contributed by atoms with van der Waals surface area (Å²) < 4.78 is 10.6. The van der Waals surface area contributed by atoms with Gasteiger partial charge in [-0.15, -0.1) is 0 Å². The van der Waals surface area contributed by atoms with Crippen LogP contribution in [0, 0.1) is 5.92 Å². The Morgan fingerprint density at radius 1 is 0.974 bits per heavy atom. The maximum Gasteiger partial charge on any atom is 0.408 e. The SMILES string of the molecule is CCCCCN(C(=O)C(NC(=O)OC(C)(C)C)C(C)C)C(C(=O)Nc1ccc(OC)cc1)c1ccc(O)cc1. The number of nitrogens with zero attached hydrogens (tertiary/aromatic N) is 1. The van der Waals surface area contributed by atoms with E-state index in [0.717, 1.165) is 12.8 Å². The molecule has 3 amide bonds. The van der Waals surface area contributed by atoms with Crippen LogP contribution in [0.4, 0.5) is 10.5 Å². The van der Waals surface area contributed by atoms with Crippen molar-refractivity contribution in [3.8, 4) is 11.5 Å². The van der Waals surface area contributed by atoms with Gasteiger partial charge < -0.3 is 30.1 Å². The fraction of sp³-hybridized carbons (Fsp3) is 0.500. The van der Waals surface area contributed by atoms with Crippen molar-refractivity contribution in [2.45, 2.75) is 78.5 Å². The summed E-state index contributed by atoms with van der Waals surface area (Å²) in [5.41, 5.74) is 0.337. The quantitative estimate of drug-likeness (QED) is 0.299. The number of hydrogen-bond donors (Lipinski definition) is 3. The zero-order valence-electron chi connectivity index (χ0n) is 24.1. The average Bonchev–Trinajstić information content (AvgIpc) is 2.86. The second kappa shape index (κ2) is 14.4. The molecular formula is C30H43N3O6. The van der Waals surface area contributed by atoms with Crippen molar-refractivity contribution in [3.05, 3.63) is 54.1 Å². The molecule has 2 rings (SSSR count). The van der Waals surface area contributed by atoms with Crippen molar-refractivity contribution in [1.82, 2.24) is 10.2 Å². The number of benzene rings is 2. The summed E-state index contributed by atoms with van der Waals surface area (Å²) >= 11 is 0. The van der Waals surface area contributed by atoms with E-state index in [1.807, 2.05) is 13.8 Å². The molecule has 2 aromatic carbocycles. The normalized spacial score (nSPS) is 12.8. The van der Waals surface area contributed by atoms with Crippen LogP contribution in [0.1, 0.15) is 72.4 Å². The Kier molecular flexibility index (Phi) is 11.6. The number of hydrogen-bond acceptors (Lipinski definition) is 6. The molecule has 39 heavy (non-hydrogen) atoms. The number of ether oxygens (including phenoxy) is 2. The van der Waals surface area contributed by atoms with Crippen LogP contribution in [0.5, 0.6) is 11.5 Å². The number of anilines is 1. The van der Waals surface area contributed by atoms with Gasteiger partial charge in [0, 0.05) is 12.2 Å². The predicted octanol–water partition coefficient (Wildman–Crippen LogP) is 5.65. The Morgan fingerprint density at radius 3 is 2.10 bits per heavy atom. The van der Waals surface area contributed by atoms with E-state index in [1.165, 1.54) is 17.0 Å². The summed E-state index contributed by atoms with van der Waals surface area (Å²) in [6, 6.07) is 11.2. The second-order valence-corrected chi connectivity index (χ2v) is 10.8. The van der Waals surface area contributed by atoms with Gasteiger partial charge in [0.15, 0.2) is 0 Å². The Labute approximate surface area is 231 Å². The van der Waals surface area contributed by atoms with Crippen LogP contribution < -0.4 is 15.4 Å². The molecule has 214 valence electrons. The molecule has 0 aliphatic rings. The summed E-state index contributed by atoms with van der Waals surface area (Å²) in [6.07, 6.45) is 1.75. The highest BCUT2D eigenvalue weighted by atomic mass is 16.6. The van der Waals surface area contributed by atoms with Crippen LogP contribution in [0.25, 0.3) is 0 Å². The van der Waals surface area contributed by atoms with E-state index >= 15 is 0 Å². The minimum atomic E-state index is -1.02. The highest BCUT2D eigenvalue weighted by Crippen LogP contribution is 2.28. The number of unbranched alkanes of at least 4 members (excludes halogenated alkanes) is 2. The molecule has 9 nitrogen and oxygen atoms in total. The lowest BCUT2D eigenvalue weighted by molar-refractivity contribution is -0.141. The van der Waals surface area contributed by atoms with E-state index in [0.29, 0.717) is 30.0 Å². The molecule has 0 saturated heterocycles. The van der Waals surface area contributed by atoms with E-state index in [2.05, 4.69) is 17.6 Å². The number of rotatable bonds is 12. The predicted molar refractivity (Wildman–Crippen MR) is 152 cm³/mol. The zero-order valence-corrected chi connectivity index (χ0v) is 24.1. The van der Waals surface area contributed by atoms with Crippen LogP contribution in [0.2, 0.25) is 0 Å². The summed E-state index contributed by atoms with van der Waals surface area (Å²) in [6.45, 7) is 11.3. The minimum absolute atomic E-state index is 0.0450. The lowest BCUT2D eigenvalue weighted by Gasteiger charge is -2.35. The molecule has 0 bridgehead atoms. The van der Waals surface area contributed by atoms with Crippen molar-refractivity contribution < 1.29 is 29.0 Å². The van der Waals surface area contributed by atoms with Crippen LogP contribution in [0.3, 0.4) is 0 Å². The number of aromatic hydroxyl groups is 1. The van der Waals surface area contributed by atoms with Gasteiger partial charge in [0.1, 0.15) is 29.2 Å². The van der Waals surface area contributed by atoms with E-state index in [1.54, 1.807) is 64.3 Å². The zero-order chi connectivity index (χ0) is 29.2. The van der Waals surface area contributed by atoms with E-state index in [-0.39, 0.29) is 11.7 Å². The summed E-state index contributed by atoms with van der Waals surface area (Å²) in [7, 11) is 1.56. The van der Waals surface area contributed by atoms with Crippen molar-refractivity contribution in [1.29, 1.82) is 0 Å². The maximum atomic E-state index is 14.1. The molecule has 0 aliphatic carbocycles. The Bertz CT molecular complexity index is 1080. The minimum Gasteiger partial charge on any atom is -0.508 e. The van der Waals surface area contributed by atoms with E-state index < -0.39 is 35.6 Å². The summed E-state index contributed by atoms with van der Waals surface area (Å²) in [5.74, 6) is -0.398. The Morgan fingerprint density at radius 2 is 1.59 bits per heavy atom. The summed E-state index contributed by atoms with van der Waals surface area (Å²) in [4.78, 5) is 42.1. The molecule has 0 fully saturated rings. The highest BCUT2D eigenvalue weighted by Gasteiger charge is 2.37. The third-order valence-electron chi connectivity index (χ3n) is 6.02. The molecule has 0 spiro atoms. The third-order valence-corrected chi connectivity index (χ3v) is 6.02. The first-order chi connectivity index (χ1) is 18.4. The second-order valence-electron chi connectivity index (χ2n) is 10.8. The lowest BCUT2D eigenvalue weighted by atomic mass is 9.98. The monoisotopic (exact) mass is 541 g/mol. The van der Waals surface area contributed by atoms with Gasteiger partial charge in [-0.3, -0.25) is 9.59 Å². The van der Waals surface area contributed by atoms with Gasteiger partial charge in [-0.1, -0.05) is 45.7 Å². The largest absolute Gasteiger partial charge is 0.508 e. The maximum absolute atomic E-state index is 14.1. The smallest absolute Gasteiger partial charge is 0.408 e. The fourth-order valence-corrected chi connectivity index (χ4v) is 4.04. The molecule has 0 saturated carbocycles. The van der Waals surface area contributed by atoms with Gasteiger partial charge in [-0.2, -0.15) is 0 Å². The van der Waals surface area contributed by atoms with Crippen LogP contribution in [-0.2, 0) is 14.3 Å². The molecular weight excluding hydrogens is 498 g/mol. The Hall–Kier alpha value is -3.75. The third kappa shape index (κ3) is 9.81. The molecule has 0 aromatic heterocycles. The number of alkyl carbamates (subject to hydrolysis) is 1. The van der Waals surface area contributed by atoms with Crippen LogP contribution >= 0.6 is 0 Å². The van der Waals surface area contributed by atoms with Crippen LogP contribution in [0.15, 0.2) is 48.5 Å². The van der Waals surface area contributed by atoms with Gasteiger partial charge in [0.05, 0.1) is 7.11 Å². The van der Waals surface area contributed by atoms with Crippen molar-refractivity contribution in [3.63, 3.8) is 0 Å². The van der Waals surface area contributed by atoms with Gasteiger partial charge >= 0.3 is 6.09 Å². The number of phenolic OH excluding ortho intramolecular Hbond substituents is 1. The highest BCUT2D eigenvalue weighted by molar-refractivity contribution is 5.99. The van der Waals surface area contributed by atoms with Crippen molar-refractivity contribution >= 4 is 23.6 Å². The first kappa shape index (κ1) is 31.5. The summed E-state index contributed by atoms with van der Waals surface area (Å²) in [5, 5.41) is 15.5. The molecule has 9 heteroatoms. The number of phenols is 1. The number of methoxy groups -OCH3 is 1. The van der Waals surface area contributed by atoms with Gasteiger partial charge in [0.25, 0.3) is 5.91 Å². The number of amides is 3. The standard InChI is InChI=1S/C30H43N3O6/c1-8-9-10-19-33(28(36)25(20(2)3)32-29(37)39-30(4,5)6)26(21-11-15-23(34)16-12-21)27(35)31-22-13-17-24(38-7)18-14-22/h11-18,20,25-26,34H,8-10,19H2,1-7H3,(H,31,35)(H,32,37). The van der Waals surface area contributed by atoms with Crippen molar-refractivity contribution in [2.24, 2.45) is 5.92 Å². The molecule has 2 unspecified atom stereocenters. The molecule has 2 atom stereocenters. The Balaban J connectivity index is 2.49. The van der Waals surface area contributed by atoms with E-state index in [4.69, 9.17) is 9.47 Å². The van der Waals surface area contributed by atoms with Gasteiger partial charge in [-0.05, 0) is 75.1 Å². The molecule has 0 heterocycles. The fourth-order valence-electron chi connectivity index (χ4n) is 4.04. The first-order valence-corrected chi connectivity index (χ1v) is 13.4. The molecule has 0 radical (unpaired) electrons. The first-order valence-electron chi connectivity index (χ1n) is 13.4. The number of carbonyl (C=O) groups is 3. The van der Waals surface area contributed by atoms with Gasteiger partial charge in [0.2, 0.25) is 5.91 Å². The van der Waals surface area contributed by atoms with E-state index in [9.17, 15) is 19.5 Å². The number of carbonyl (C=O) groups excluding carboxylic acids is 3. The average molecular weight is 542 g/mol. The van der Waals surface area contributed by atoms with Crippen LogP contribution in [-0.4, -0.2) is 53.2 Å². The topological polar surface area (TPSA) is 117 Å². The molecule has 2 aromatic rings. The molecule has 3 N–H and O–H groups in total. The number of nitrogens with one attached hydrogen (secondary N) is 2.